The molecule has 0 bridgehead atoms. The number of hydrogen-bond acceptors (Lipinski definition) is 0. The van der Waals surface area contributed by atoms with Crippen LogP contribution in [0.3, 0.4) is 0 Å². The molecule has 0 aromatic rings. The highest BCUT2D eigenvalue weighted by Crippen LogP contribution is 1.91. The van der Waals surface area contributed by atoms with Crippen LogP contribution in [0, 0.1) is 5.92 Å². The highest BCUT2D eigenvalue weighted by Gasteiger charge is 1.79. The van der Waals surface area contributed by atoms with E-state index in [-0.39, 0.29) is 6.67 Å². The van der Waals surface area contributed by atoms with Gasteiger partial charge in [0.15, 0.2) is 0 Å². The van der Waals surface area contributed by atoms with Crippen molar-refractivity contribution in [3.63, 3.8) is 0 Å². The maximum Gasteiger partial charge on any atom is 0.108 e. The van der Waals surface area contributed by atoms with Crippen LogP contribution in [0.15, 0.2) is 12.2 Å². The standard InChI is InChI=1S/C6H11F/c1-6(2)4-3-5-7/h3-4,6H,5H2,1-2H3. The number of allylic oxidation sites excluding steroid dienone is 2. The molecule has 0 radical (unpaired) electrons. The molecule has 0 aliphatic carbocycles. The Bertz CT molecular complexity index is 55.2. The van der Waals surface area contributed by atoms with Crippen LogP contribution in [0.2, 0.25) is 0 Å². The summed E-state index contributed by atoms with van der Waals surface area (Å²) in [6, 6.07) is 0. The third-order valence-electron chi connectivity index (χ3n) is 0.610. The quantitative estimate of drug-likeness (QED) is 0.469. The Hall–Kier alpha value is -0.330. The van der Waals surface area contributed by atoms with Crippen molar-refractivity contribution >= 4 is 0 Å². The summed E-state index contributed by atoms with van der Waals surface area (Å²) in [6.45, 7) is 3.70. The van der Waals surface area contributed by atoms with E-state index in [1.54, 1.807) is 0 Å². The summed E-state index contributed by atoms with van der Waals surface area (Å²) in [4.78, 5) is 0. The van der Waals surface area contributed by atoms with Gasteiger partial charge in [-0.05, 0) is 5.92 Å². The topological polar surface area (TPSA) is 0 Å². The minimum atomic E-state index is -0.335. The molecule has 0 spiro atoms. The van der Waals surface area contributed by atoms with Gasteiger partial charge in [-0.2, -0.15) is 0 Å². The third-order valence-corrected chi connectivity index (χ3v) is 0.610. The van der Waals surface area contributed by atoms with Gasteiger partial charge in [0, 0.05) is 0 Å². The summed E-state index contributed by atoms with van der Waals surface area (Å²) in [5, 5.41) is 0. The molecule has 0 saturated carbocycles. The van der Waals surface area contributed by atoms with E-state index >= 15 is 0 Å². The molecule has 0 saturated heterocycles. The second kappa shape index (κ2) is 3.85. The SMILES string of the molecule is CC(C)C=CCF. The van der Waals surface area contributed by atoms with Crippen molar-refractivity contribution in [1.29, 1.82) is 0 Å². The maximum absolute atomic E-state index is 11.3. The van der Waals surface area contributed by atoms with E-state index in [1.807, 2.05) is 19.9 Å². The Labute approximate surface area is 44.0 Å². The molecule has 0 unspecified atom stereocenters. The molecule has 0 aliphatic rings. The van der Waals surface area contributed by atoms with Crippen molar-refractivity contribution < 1.29 is 4.39 Å². The lowest BCUT2D eigenvalue weighted by molar-refractivity contribution is 0.559. The van der Waals surface area contributed by atoms with Crippen LogP contribution >= 0.6 is 0 Å². The van der Waals surface area contributed by atoms with Crippen LogP contribution in [0.5, 0.6) is 0 Å². The Morgan fingerprint density at radius 1 is 1.57 bits per heavy atom. The molecule has 0 fully saturated rings. The van der Waals surface area contributed by atoms with Gasteiger partial charge < -0.3 is 0 Å². The monoisotopic (exact) mass is 102 g/mol. The number of hydrogen-bond donors (Lipinski definition) is 0. The maximum atomic E-state index is 11.3. The molecule has 0 N–H and O–H groups in total. The first kappa shape index (κ1) is 6.67. The van der Waals surface area contributed by atoms with Gasteiger partial charge in [0.25, 0.3) is 0 Å². The highest BCUT2D eigenvalue weighted by atomic mass is 19.1. The zero-order valence-electron chi connectivity index (χ0n) is 4.82. The lowest BCUT2D eigenvalue weighted by atomic mass is 10.2. The average molecular weight is 102 g/mol. The van der Waals surface area contributed by atoms with Gasteiger partial charge >= 0.3 is 0 Å². The van der Waals surface area contributed by atoms with Gasteiger partial charge in [-0.1, -0.05) is 26.0 Å². The Morgan fingerprint density at radius 2 is 2.14 bits per heavy atom. The molecule has 0 heterocycles. The minimum absolute atomic E-state index is 0.335. The predicted molar refractivity (Wildman–Crippen MR) is 30.0 cm³/mol. The molecular formula is C6H11F. The molecule has 0 atom stereocenters. The Kier molecular flexibility index (Phi) is 3.67. The summed E-state index contributed by atoms with van der Waals surface area (Å²) in [5.41, 5.74) is 0. The van der Waals surface area contributed by atoms with Crippen molar-refractivity contribution in [1.82, 2.24) is 0 Å². The van der Waals surface area contributed by atoms with Gasteiger partial charge in [-0.25, -0.2) is 4.39 Å². The second-order valence-corrected chi connectivity index (χ2v) is 1.83. The number of alkyl halides is 1. The Morgan fingerprint density at radius 3 is 2.29 bits per heavy atom. The largest absolute Gasteiger partial charge is 0.247 e. The van der Waals surface area contributed by atoms with Crippen LogP contribution in [-0.4, -0.2) is 6.67 Å². The number of halogens is 1. The lowest BCUT2D eigenvalue weighted by Gasteiger charge is -1.88. The normalized spacial score (nSPS) is 11.4. The summed E-state index contributed by atoms with van der Waals surface area (Å²) in [6.07, 6.45) is 3.38. The fourth-order valence-corrected chi connectivity index (χ4v) is 0.324. The first-order valence-electron chi connectivity index (χ1n) is 2.50. The molecule has 7 heavy (non-hydrogen) atoms. The zero-order chi connectivity index (χ0) is 5.70. The average Bonchev–Trinajstić information content (AvgIpc) is 1.61. The minimum Gasteiger partial charge on any atom is -0.247 e. The van der Waals surface area contributed by atoms with Crippen LogP contribution < -0.4 is 0 Å². The lowest BCUT2D eigenvalue weighted by Crippen LogP contribution is -1.76. The summed E-state index contributed by atoms with van der Waals surface area (Å²) >= 11 is 0. The molecule has 0 aromatic heterocycles. The van der Waals surface area contributed by atoms with Crippen molar-refractivity contribution in [3.05, 3.63) is 12.2 Å². The fraction of sp³-hybridized carbons (Fsp3) is 0.667. The van der Waals surface area contributed by atoms with Crippen LogP contribution in [0.1, 0.15) is 13.8 Å². The van der Waals surface area contributed by atoms with E-state index in [0.29, 0.717) is 5.92 Å². The van der Waals surface area contributed by atoms with Gasteiger partial charge in [-0.3, -0.25) is 0 Å². The van der Waals surface area contributed by atoms with Crippen LogP contribution in [0.25, 0.3) is 0 Å². The zero-order valence-corrected chi connectivity index (χ0v) is 4.82. The molecule has 0 rings (SSSR count). The molecule has 0 amide bonds. The predicted octanol–water partition coefficient (Wildman–Crippen LogP) is 2.17. The summed E-state index contributed by atoms with van der Waals surface area (Å²) in [5.74, 6) is 0.482. The van der Waals surface area contributed by atoms with E-state index in [9.17, 15) is 4.39 Å². The van der Waals surface area contributed by atoms with E-state index in [2.05, 4.69) is 0 Å². The van der Waals surface area contributed by atoms with Gasteiger partial charge in [0.05, 0.1) is 0 Å². The van der Waals surface area contributed by atoms with Crippen LogP contribution in [0.4, 0.5) is 4.39 Å². The van der Waals surface area contributed by atoms with E-state index in [0.717, 1.165) is 0 Å². The van der Waals surface area contributed by atoms with E-state index in [1.165, 1.54) is 6.08 Å². The van der Waals surface area contributed by atoms with Crippen LogP contribution in [-0.2, 0) is 0 Å². The van der Waals surface area contributed by atoms with E-state index < -0.39 is 0 Å². The summed E-state index contributed by atoms with van der Waals surface area (Å²) < 4.78 is 11.3. The molecule has 0 nitrogen and oxygen atoms in total. The first-order valence-corrected chi connectivity index (χ1v) is 2.50. The molecule has 42 valence electrons. The van der Waals surface area contributed by atoms with Gasteiger partial charge in [0.2, 0.25) is 0 Å². The van der Waals surface area contributed by atoms with Crippen molar-refractivity contribution in [2.45, 2.75) is 13.8 Å². The number of rotatable bonds is 2. The van der Waals surface area contributed by atoms with Crippen molar-refractivity contribution in [2.24, 2.45) is 5.92 Å². The van der Waals surface area contributed by atoms with Gasteiger partial charge in [-0.15, -0.1) is 0 Å². The molecular weight excluding hydrogens is 91.1 g/mol. The smallest absolute Gasteiger partial charge is 0.108 e. The first-order chi connectivity index (χ1) is 3.27. The highest BCUT2D eigenvalue weighted by molar-refractivity contribution is 4.83. The van der Waals surface area contributed by atoms with Crippen molar-refractivity contribution in [2.75, 3.05) is 6.67 Å². The fourth-order valence-electron chi connectivity index (χ4n) is 0.324. The van der Waals surface area contributed by atoms with Crippen molar-refractivity contribution in [3.8, 4) is 0 Å². The second-order valence-electron chi connectivity index (χ2n) is 1.83. The van der Waals surface area contributed by atoms with E-state index in [4.69, 9.17) is 0 Å². The molecule has 1 heteroatoms. The summed E-state index contributed by atoms with van der Waals surface area (Å²) in [7, 11) is 0. The Balaban J connectivity index is 3.08. The third kappa shape index (κ3) is 5.67. The molecule has 0 aliphatic heterocycles. The molecule has 0 aromatic carbocycles. The van der Waals surface area contributed by atoms with Gasteiger partial charge in [0.1, 0.15) is 6.67 Å².